The zero-order chi connectivity index (χ0) is 16.4. The highest BCUT2D eigenvalue weighted by Crippen LogP contribution is 2.31. The van der Waals surface area contributed by atoms with E-state index in [2.05, 4.69) is 4.98 Å². The summed E-state index contributed by atoms with van der Waals surface area (Å²) < 4.78 is 1.73. The predicted molar refractivity (Wildman–Crippen MR) is 97.3 cm³/mol. The summed E-state index contributed by atoms with van der Waals surface area (Å²) in [5.41, 5.74) is 4.40. The Kier molecular flexibility index (Phi) is 3.60. The van der Waals surface area contributed by atoms with Crippen LogP contribution in [0.2, 0.25) is 0 Å². The van der Waals surface area contributed by atoms with E-state index in [1.807, 2.05) is 91.0 Å². The first kappa shape index (κ1) is 14.3. The molecule has 0 aliphatic carbocycles. The summed E-state index contributed by atoms with van der Waals surface area (Å²) in [5.74, 6) is 0. The third-order valence-electron chi connectivity index (χ3n) is 4.02. The topological polar surface area (TPSA) is 37.8 Å². The summed E-state index contributed by atoms with van der Waals surface area (Å²) in [6, 6.07) is 29.6. The van der Waals surface area contributed by atoms with E-state index in [9.17, 15) is 4.79 Å². The smallest absolute Gasteiger partial charge is 0.305 e. The fourth-order valence-electron chi connectivity index (χ4n) is 2.94. The van der Waals surface area contributed by atoms with E-state index in [-0.39, 0.29) is 5.69 Å². The molecular formula is C21H16N2O. The van der Waals surface area contributed by atoms with Crippen molar-refractivity contribution in [1.29, 1.82) is 0 Å². The van der Waals surface area contributed by atoms with E-state index in [0.717, 1.165) is 28.2 Å². The van der Waals surface area contributed by atoms with Crippen LogP contribution in [0, 0.1) is 0 Å². The molecule has 0 amide bonds. The molecule has 0 radical (unpaired) electrons. The van der Waals surface area contributed by atoms with Crippen molar-refractivity contribution >= 4 is 0 Å². The number of aromatic nitrogens is 2. The van der Waals surface area contributed by atoms with Crippen molar-refractivity contribution in [2.45, 2.75) is 0 Å². The summed E-state index contributed by atoms with van der Waals surface area (Å²) in [6.45, 7) is 0. The first-order valence-corrected chi connectivity index (χ1v) is 7.86. The van der Waals surface area contributed by atoms with Crippen molar-refractivity contribution in [2.24, 2.45) is 0 Å². The number of rotatable bonds is 3. The fourth-order valence-corrected chi connectivity index (χ4v) is 2.94. The Labute approximate surface area is 139 Å². The minimum Gasteiger partial charge on any atom is -0.305 e. The van der Waals surface area contributed by atoms with Gasteiger partial charge in [0.1, 0.15) is 0 Å². The van der Waals surface area contributed by atoms with Gasteiger partial charge in [0.15, 0.2) is 0 Å². The molecule has 4 aromatic rings. The first-order chi connectivity index (χ1) is 11.8. The molecule has 0 saturated heterocycles. The van der Waals surface area contributed by atoms with Crippen molar-refractivity contribution in [3.63, 3.8) is 0 Å². The number of nitrogens with zero attached hydrogens (tertiary/aromatic N) is 1. The Morgan fingerprint density at radius 2 is 1.12 bits per heavy atom. The fraction of sp³-hybridized carbons (Fsp3) is 0. The van der Waals surface area contributed by atoms with Crippen molar-refractivity contribution in [3.8, 4) is 28.2 Å². The summed E-state index contributed by atoms with van der Waals surface area (Å²) in [7, 11) is 0. The Hall–Kier alpha value is -3.33. The third-order valence-corrected chi connectivity index (χ3v) is 4.02. The summed E-state index contributed by atoms with van der Waals surface area (Å²) in [5, 5.41) is 0. The molecule has 0 unspecified atom stereocenters. The minimum atomic E-state index is -0.140. The van der Waals surface area contributed by atoms with E-state index in [1.165, 1.54) is 0 Å². The van der Waals surface area contributed by atoms with Crippen LogP contribution in [0.3, 0.4) is 0 Å². The van der Waals surface area contributed by atoms with E-state index >= 15 is 0 Å². The van der Waals surface area contributed by atoms with Gasteiger partial charge in [-0.2, -0.15) is 0 Å². The molecule has 1 aromatic heterocycles. The van der Waals surface area contributed by atoms with Crippen molar-refractivity contribution < 1.29 is 0 Å². The molecule has 1 heterocycles. The average molecular weight is 312 g/mol. The maximum Gasteiger partial charge on any atom is 0.331 e. The molecule has 0 atom stereocenters. The SMILES string of the molecule is O=c1[nH]c(-c2ccccc2)c(-c2ccccc2)n1-c1ccccc1. The van der Waals surface area contributed by atoms with Gasteiger partial charge in [0.05, 0.1) is 17.1 Å². The molecule has 0 spiro atoms. The monoisotopic (exact) mass is 312 g/mol. The second kappa shape index (κ2) is 6.05. The molecular weight excluding hydrogens is 296 g/mol. The van der Waals surface area contributed by atoms with Crippen molar-refractivity contribution in [1.82, 2.24) is 9.55 Å². The van der Waals surface area contributed by atoms with Crippen LogP contribution < -0.4 is 5.69 Å². The van der Waals surface area contributed by atoms with Gasteiger partial charge in [-0.05, 0) is 12.1 Å². The van der Waals surface area contributed by atoms with Gasteiger partial charge in [0, 0.05) is 11.1 Å². The largest absolute Gasteiger partial charge is 0.331 e. The lowest BCUT2D eigenvalue weighted by Gasteiger charge is -2.10. The van der Waals surface area contributed by atoms with Gasteiger partial charge in [0.25, 0.3) is 0 Å². The van der Waals surface area contributed by atoms with E-state index in [4.69, 9.17) is 0 Å². The number of imidazole rings is 1. The Morgan fingerprint density at radius 1 is 0.625 bits per heavy atom. The van der Waals surface area contributed by atoms with Crippen LogP contribution in [0.4, 0.5) is 0 Å². The molecule has 0 fully saturated rings. The van der Waals surface area contributed by atoms with Gasteiger partial charge in [-0.1, -0.05) is 78.9 Å². The number of H-pyrrole nitrogens is 1. The van der Waals surface area contributed by atoms with Gasteiger partial charge >= 0.3 is 5.69 Å². The number of benzene rings is 3. The normalized spacial score (nSPS) is 10.7. The quantitative estimate of drug-likeness (QED) is 0.594. The average Bonchev–Trinajstić information content (AvgIpc) is 3.01. The number of hydrogen-bond acceptors (Lipinski definition) is 1. The van der Waals surface area contributed by atoms with Crippen molar-refractivity contribution in [2.75, 3.05) is 0 Å². The molecule has 24 heavy (non-hydrogen) atoms. The van der Waals surface area contributed by atoms with E-state index in [0.29, 0.717) is 0 Å². The Morgan fingerprint density at radius 3 is 1.71 bits per heavy atom. The zero-order valence-electron chi connectivity index (χ0n) is 13.0. The van der Waals surface area contributed by atoms with Gasteiger partial charge in [0.2, 0.25) is 0 Å². The van der Waals surface area contributed by atoms with Crippen LogP contribution in [0.25, 0.3) is 28.2 Å². The number of nitrogens with one attached hydrogen (secondary N) is 1. The summed E-state index contributed by atoms with van der Waals surface area (Å²) in [6.07, 6.45) is 0. The van der Waals surface area contributed by atoms with Crippen LogP contribution in [0.5, 0.6) is 0 Å². The zero-order valence-corrected chi connectivity index (χ0v) is 13.0. The van der Waals surface area contributed by atoms with Crippen LogP contribution >= 0.6 is 0 Å². The standard InChI is InChI=1S/C21H16N2O/c24-21-22-19(16-10-4-1-5-11-16)20(17-12-6-2-7-13-17)23(21)18-14-8-3-9-15-18/h1-15H,(H,22,24). The molecule has 3 heteroatoms. The summed E-state index contributed by atoms with van der Waals surface area (Å²) >= 11 is 0. The van der Waals surface area contributed by atoms with E-state index in [1.54, 1.807) is 4.57 Å². The summed E-state index contributed by atoms with van der Waals surface area (Å²) in [4.78, 5) is 15.7. The predicted octanol–water partition coefficient (Wildman–Crippen LogP) is 4.50. The first-order valence-electron chi connectivity index (χ1n) is 7.86. The van der Waals surface area contributed by atoms with Crippen LogP contribution in [-0.4, -0.2) is 9.55 Å². The number of hydrogen-bond donors (Lipinski definition) is 1. The number of para-hydroxylation sites is 1. The molecule has 4 rings (SSSR count). The lowest BCUT2D eigenvalue weighted by molar-refractivity contribution is 0.993. The van der Waals surface area contributed by atoms with Crippen LogP contribution in [0.1, 0.15) is 0 Å². The molecule has 0 aliphatic rings. The maximum atomic E-state index is 12.7. The number of aromatic amines is 1. The molecule has 116 valence electrons. The highest BCUT2D eigenvalue weighted by atomic mass is 16.1. The molecule has 0 saturated carbocycles. The van der Waals surface area contributed by atoms with Gasteiger partial charge in [-0.25, -0.2) is 4.79 Å². The highest BCUT2D eigenvalue weighted by molar-refractivity contribution is 5.79. The third kappa shape index (κ3) is 2.46. The molecule has 3 nitrogen and oxygen atoms in total. The van der Waals surface area contributed by atoms with Gasteiger partial charge < -0.3 is 4.98 Å². The molecule has 0 aliphatic heterocycles. The Balaban J connectivity index is 2.05. The van der Waals surface area contributed by atoms with Crippen LogP contribution in [-0.2, 0) is 0 Å². The van der Waals surface area contributed by atoms with Crippen molar-refractivity contribution in [3.05, 3.63) is 101 Å². The lowest BCUT2D eigenvalue weighted by Crippen LogP contribution is -2.15. The minimum absolute atomic E-state index is 0.140. The maximum absolute atomic E-state index is 12.7. The molecule has 3 aromatic carbocycles. The van der Waals surface area contributed by atoms with E-state index < -0.39 is 0 Å². The molecule has 1 N–H and O–H groups in total. The lowest BCUT2D eigenvalue weighted by atomic mass is 10.0. The highest BCUT2D eigenvalue weighted by Gasteiger charge is 2.18. The van der Waals surface area contributed by atoms with Gasteiger partial charge in [-0.15, -0.1) is 0 Å². The molecule has 0 bridgehead atoms. The van der Waals surface area contributed by atoms with Gasteiger partial charge in [-0.3, -0.25) is 4.57 Å². The Bertz CT molecular complexity index is 1000. The second-order valence-corrected chi connectivity index (χ2v) is 5.56. The second-order valence-electron chi connectivity index (χ2n) is 5.56. The van der Waals surface area contributed by atoms with Crippen LogP contribution in [0.15, 0.2) is 95.8 Å².